The van der Waals surface area contributed by atoms with Crippen LogP contribution < -0.4 is 0 Å². The van der Waals surface area contributed by atoms with E-state index in [1.165, 1.54) is 0 Å². The number of carboxylic acids is 1. The Morgan fingerprint density at radius 1 is 1.43 bits per heavy atom. The van der Waals surface area contributed by atoms with Crippen molar-refractivity contribution in [2.75, 3.05) is 0 Å². The Morgan fingerprint density at radius 3 is 2.79 bits per heavy atom. The van der Waals surface area contributed by atoms with Crippen molar-refractivity contribution in [1.82, 2.24) is 9.71 Å². The van der Waals surface area contributed by atoms with Crippen molar-refractivity contribution in [1.29, 1.82) is 0 Å². The molecule has 5 heteroatoms. The number of carboxylic acid groups (broad SMARTS) is 1. The highest BCUT2D eigenvalue weighted by Crippen LogP contribution is 2.13. The van der Waals surface area contributed by atoms with Crippen molar-refractivity contribution in [3.05, 3.63) is 30.1 Å². The Morgan fingerprint density at radius 2 is 2.14 bits per heavy atom. The maximum Gasteiger partial charge on any atom is 0.311 e. The highest BCUT2D eigenvalue weighted by Gasteiger charge is 2.11. The van der Waals surface area contributed by atoms with Crippen LogP contribution in [0.5, 0.6) is 0 Å². The standard InChI is InChI=1S/C9H8N2O3/c12-9(13)5-8-10-6-3-1-2-4-7(6)11(8)14/h1-4,14H,5H2,(H,12,13). The van der Waals surface area contributed by atoms with E-state index in [0.29, 0.717) is 11.0 Å². The molecule has 2 aromatic rings. The molecule has 0 spiro atoms. The molecule has 2 N–H and O–H groups in total. The van der Waals surface area contributed by atoms with Gasteiger partial charge >= 0.3 is 5.97 Å². The highest BCUT2D eigenvalue weighted by atomic mass is 16.5. The number of nitrogens with zero attached hydrogens (tertiary/aromatic N) is 2. The SMILES string of the molecule is O=C(O)Cc1nc2ccccc2n1O. The van der Waals surface area contributed by atoms with Gasteiger partial charge in [-0.25, -0.2) is 4.98 Å². The fourth-order valence-corrected chi connectivity index (χ4v) is 1.31. The molecule has 14 heavy (non-hydrogen) atoms. The van der Waals surface area contributed by atoms with E-state index in [1.54, 1.807) is 24.3 Å². The lowest BCUT2D eigenvalue weighted by Crippen LogP contribution is -2.06. The summed E-state index contributed by atoms with van der Waals surface area (Å²) in [6, 6.07) is 6.92. The van der Waals surface area contributed by atoms with Gasteiger partial charge in [0.2, 0.25) is 0 Å². The average Bonchev–Trinajstić information content (AvgIpc) is 2.44. The summed E-state index contributed by atoms with van der Waals surface area (Å²) in [5, 5.41) is 18.1. The lowest BCUT2D eigenvalue weighted by Gasteiger charge is -1.96. The molecule has 0 aliphatic heterocycles. The van der Waals surface area contributed by atoms with Crippen LogP contribution >= 0.6 is 0 Å². The quantitative estimate of drug-likeness (QED) is 0.693. The third-order valence-corrected chi connectivity index (χ3v) is 1.91. The predicted octanol–water partition coefficient (Wildman–Crippen LogP) is 0.901. The molecule has 0 aliphatic carbocycles. The van der Waals surface area contributed by atoms with Crippen LogP contribution in [0.25, 0.3) is 11.0 Å². The van der Waals surface area contributed by atoms with Crippen LogP contribution in [0.4, 0.5) is 0 Å². The van der Waals surface area contributed by atoms with Gasteiger partial charge < -0.3 is 10.3 Å². The molecule has 0 radical (unpaired) electrons. The number of imidazole rings is 1. The number of rotatable bonds is 2. The van der Waals surface area contributed by atoms with Gasteiger partial charge in [0, 0.05) is 0 Å². The maximum atomic E-state index is 10.4. The van der Waals surface area contributed by atoms with Gasteiger partial charge in [0.25, 0.3) is 0 Å². The van der Waals surface area contributed by atoms with Gasteiger partial charge in [-0.1, -0.05) is 12.1 Å². The molecule has 5 nitrogen and oxygen atoms in total. The molecule has 1 aromatic carbocycles. The Balaban J connectivity index is 2.57. The van der Waals surface area contributed by atoms with Crippen molar-refractivity contribution < 1.29 is 15.1 Å². The molecule has 0 saturated heterocycles. The Kier molecular flexibility index (Phi) is 1.85. The molecule has 0 fully saturated rings. The molecular formula is C9H8N2O3. The van der Waals surface area contributed by atoms with E-state index in [-0.39, 0.29) is 12.2 Å². The summed E-state index contributed by atoms with van der Waals surface area (Å²) in [6.45, 7) is 0. The molecule has 0 amide bonds. The molecule has 1 aromatic heterocycles. The third-order valence-electron chi connectivity index (χ3n) is 1.91. The number of hydrogen-bond donors (Lipinski definition) is 2. The number of carbonyl (C=O) groups is 1. The predicted molar refractivity (Wildman–Crippen MR) is 48.3 cm³/mol. The molecule has 0 aliphatic rings. The van der Waals surface area contributed by atoms with Crippen molar-refractivity contribution in [3.63, 3.8) is 0 Å². The van der Waals surface area contributed by atoms with E-state index >= 15 is 0 Å². The van der Waals surface area contributed by atoms with Gasteiger partial charge in [0.05, 0.1) is 5.52 Å². The normalized spacial score (nSPS) is 10.6. The molecule has 2 rings (SSSR count). The van der Waals surface area contributed by atoms with Crippen molar-refractivity contribution in [3.8, 4) is 0 Å². The van der Waals surface area contributed by atoms with E-state index in [0.717, 1.165) is 4.73 Å². The van der Waals surface area contributed by atoms with Crippen LogP contribution in [-0.4, -0.2) is 26.0 Å². The molecule has 0 saturated carbocycles. The molecule has 0 atom stereocenters. The largest absolute Gasteiger partial charge is 0.481 e. The number of benzene rings is 1. The molecule has 72 valence electrons. The van der Waals surface area contributed by atoms with Gasteiger partial charge in [-0.05, 0) is 12.1 Å². The van der Waals surface area contributed by atoms with Crippen LogP contribution in [0.2, 0.25) is 0 Å². The minimum Gasteiger partial charge on any atom is -0.481 e. The number of fused-ring (bicyclic) bond motifs is 1. The second-order valence-electron chi connectivity index (χ2n) is 2.90. The van der Waals surface area contributed by atoms with Gasteiger partial charge in [-0.15, -0.1) is 0 Å². The summed E-state index contributed by atoms with van der Waals surface area (Å²) in [7, 11) is 0. The monoisotopic (exact) mass is 192 g/mol. The summed E-state index contributed by atoms with van der Waals surface area (Å²) in [5.41, 5.74) is 1.11. The summed E-state index contributed by atoms with van der Waals surface area (Å²) in [5.74, 6) is -0.880. The molecule has 0 bridgehead atoms. The van der Waals surface area contributed by atoms with Crippen LogP contribution in [0.15, 0.2) is 24.3 Å². The van der Waals surface area contributed by atoms with Gasteiger partial charge in [0.1, 0.15) is 11.9 Å². The second kappa shape index (κ2) is 3.02. The average molecular weight is 192 g/mol. The first kappa shape index (κ1) is 8.55. The van der Waals surface area contributed by atoms with Gasteiger partial charge in [0.15, 0.2) is 5.82 Å². The zero-order valence-electron chi connectivity index (χ0n) is 7.21. The van der Waals surface area contributed by atoms with E-state index in [9.17, 15) is 10.0 Å². The van der Waals surface area contributed by atoms with Crippen LogP contribution in [0.1, 0.15) is 5.82 Å². The second-order valence-corrected chi connectivity index (χ2v) is 2.90. The van der Waals surface area contributed by atoms with E-state index in [1.807, 2.05) is 0 Å². The van der Waals surface area contributed by atoms with Crippen molar-refractivity contribution >= 4 is 17.0 Å². The molecule has 1 heterocycles. The first-order valence-electron chi connectivity index (χ1n) is 4.06. The summed E-state index contributed by atoms with van der Waals surface area (Å²) < 4.78 is 0.809. The fourth-order valence-electron chi connectivity index (χ4n) is 1.31. The number of aromatic nitrogens is 2. The van der Waals surface area contributed by atoms with E-state index in [2.05, 4.69) is 4.98 Å². The van der Waals surface area contributed by atoms with Crippen LogP contribution in [0.3, 0.4) is 0 Å². The third kappa shape index (κ3) is 1.28. The number of aliphatic carboxylic acids is 1. The number of para-hydroxylation sites is 2. The number of hydrogen-bond acceptors (Lipinski definition) is 3. The van der Waals surface area contributed by atoms with Crippen molar-refractivity contribution in [2.45, 2.75) is 6.42 Å². The van der Waals surface area contributed by atoms with Crippen LogP contribution in [-0.2, 0) is 11.2 Å². The van der Waals surface area contributed by atoms with Gasteiger partial charge in [-0.2, -0.15) is 4.73 Å². The minimum absolute atomic E-state index is 0.138. The maximum absolute atomic E-state index is 10.4. The summed E-state index contributed by atoms with van der Waals surface area (Å²) in [4.78, 5) is 14.4. The zero-order valence-corrected chi connectivity index (χ0v) is 7.21. The Hall–Kier alpha value is -2.04. The van der Waals surface area contributed by atoms with E-state index < -0.39 is 5.97 Å². The molecule has 0 unspecified atom stereocenters. The topological polar surface area (TPSA) is 75.3 Å². The minimum atomic E-state index is -1.02. The van der Waals surface area contributed by atoms with Crippen molar-refractivity contribution in [2.24, 2.45) is 0 Å². The lowest BCUT2D eigenvalue weighted by atomic mass is 10.3. The highest BCUT2D eigenvalue weighted by molar-refractivity contribution is 5.77. The van der Waals surface area contributed by atoms with E-state index in [4.69, 9.17) is 5.11 Å². The zero-order chi connectivity index (χ0) is 10.1. The first-order valence-corrected chi connectivity index (χ1v) is 4.06. The molecular weight excluding hydrogens is 184 g/mol. The first-order chi connectivity index (χ1) is 6.68. The Labute approximate surface area is 79.2 Å². The van der Waals surface area contributed by atoms with Crippen LogP contribution in [0, 0.1) is 0 Å². The lowest BCUT2D eigenvalue weighted by molar-refractivity contribution is -0.136. The Bertz CT molecular complexity index is 490. The summed E-state index contributed by atoms with van der Waals surface area (Å²) in [6.07, 6.45) is -0.287. The smallest absolute Gasteiger partial charge is 0.311 e. The summed E-state index contributed by atoms with van der Waals surface area (Å²) >= 11 is 0. The fraction of sp³-hybridized carbons (Fsp3) is 0.111. The van der Waals surface area contributed by atoms with Gasteiger partial charge in [-0.3, -0.25) is 4.79 Å².